The molecule has 1 aromatic carbocycles. The lowest BCUT2D eigenvalue weighted by atomic mass is 10.2. The van der Waals surface area contributed by atoms with E-state index in [9.17, 15) is 0 Å². The van der Waals surface area contributed by atoms with E-state index in [0.717, 1.165) is 53.2 Å². The highest BCUT2D eigenvalue weighted by atomic mass is 32.2. The number of imidazole rings is 1. The molecular formula is C23H23N7OS. The lowest BCUT2D eigenvalue weighted by molar-refractivity contribution is -0.112. The van der Waals surface area contributed by atoms with Crippen molar-refractivity contribution in [2.75, 3.05) is 23.7 Å². The Bertz CT molecular complexity index is 1230. The van der Waals surface area contributed by atoms with Crippen LogP contribution in [0.3, 0.4) is 0 Å². The average molecular weight is 446 g/mol. The molecule has 2 aromatic heterocycles. The number of hydroxylamine groups is 3. The first kappa shape index (κ1) is 19.4. The Morgan fingerprint density at radius 3 is 2.84 bits per heavy atom. The van der Waals surface area contributed by atoms with Gasteiger partial charge in [0.25, 0.3) is 0 Å². The summed E-state index contributed by atoms with van der Waals surface area (Å²) in [6.45, 7) is 2.82. The first-order chi connectivity index (χ1) is 15.8. The Balaban J connectivity index is 1.33. The first-order valence-corrected chi connectivity index (χ1v) is 11.8. The number of fused-ring (bicyclic) bond motifs is 2. The van der Waals surface area contributed by atoms with Gasteiger partial charge in [-0.2, -0.15) is 4.94 Å². The summed E-state index contributed by atoms with van der Waals surface area (Å²) in [5.74, 6) is 1.79. The van der Waals surface area contributed by atoms with Crippen LogP contribution in [0.4, 0.5) is 5.95 Å². The molecule has 6 rings (SSSR count). The van der Waals surface area contributed by atoms with Crippen LogP contribution >= 0.6 is 11.8 Å². The van der Waals surface area contributed by atoms with Gasteiger partial charge in [0, 0.05) is 25.0 Å². The SMILES string of the molecule is C1=CN2ONC=C2C=C1CSc1ncnc2c1nc(N1CCCC1)n2Cc1ccccc1. The largest absolute Gasteiger partial charge is 0.342 e. The van der Waals surface area contributed by atoms with Gasteiger partial charge >= 0.3 is 0 Å². The van der Waals surface area contributed by atoms with E-state index >= 15 is 0 Å². The van der Waals surface area contributed by atoms with Crippen LogP contribution in [0.5, 0.6) is 0 Å². The van der Waals surface area contributed by atoms with E-state index in [0.29, 0.717) is 0 Å². The zero-order valence-corrected chi connectivity index (χ0v) is 18.3. The Morgan fingerprint density at radius 2 is 1.97 bits per heavy atom. The van der Waals surface area contributed by atoms with Gasteiger partial charge in [0.15, 0.2) is 5.65 Å². The van der Waals surface area contributed by atoms with Crippen molar-refractivity contribution in [1.82, 2.24) is 30.1 Å². The molecule has 0 saturated carbocycles. The van der Waals surface area contributed by atoms with Gasteiger partial charge in [0.1, 0.15) is 16.9 Å². The maximum absolute atomic E-state index is 5.25. The third-order valence-electron chi connectivity index (χ3n) is 5.80. The Morgan fingerprint density at radius 1 is 1.09 bits per heavy atom. The second kappa shape index (κ2) is 8.33. The Kier molecular flexibility index (Phi) is 5.05. The van der Waals surface area contributed by atoms with E-state index < -0.39 is 0 Å². The van der Waals surface area contributed by atoms with E-state index in [1.54, 1.807) is 23.2 Å². The number of nitrogens with zero attached hydrogens (tertiary/aromatic N) is 6. The molecule has 0 radical (unpaired) electrons. The van der Waals surface area contributed by atoms with Crippen LogP contribution in [-0.2, 0) is 11.5 Å². The van der Waals surface area contributed by atoms with E-state index in [2.05, 4.69) is 61.3 Å². The van der Waals surface area contributed by atoms with Crippen molar-refractivity contribution in [3.8, 4) is 0 Å². The van der Waals surface area contributed by atoms with Gasteiger partial charge in [-0.05, 0) is 36.1 Å². The minimum Gasteiger partial charge on any atom is -0.342 e. The lowest BCUT2D eigenvalue weighted by Gasteiger charge is -2.18. The number of rotatable bonds is 6. The molecule has 0 amide bonds. The third kappa shape index (κ3) is 3.63. The van der Waals surface area contributed by atoms with Gasteiger partial charge in [-0.15, -0.1) is 0 Å². The molecule has 3 aliphatic rings. The normalized spacial score (nSPS) is 17.5. The standard InChI is InChI=1S/C23H23N7OS/c1-2-6-17(7-3-1)14-29-21-20(27-23(29)28-9-4-5-10-28)22(25-16-24-21)32-15-18-8-11-30-19(12-18)13-26-31-30/h1-3,6-8,11-13,16,26H,4-5,9-10,14-15H2. The molecule has 32 heavy (non-hydrogen) atoms. The molecule has 1 N–H and O–H groups in total. The summed E-state index contributed by atoms with van der Waals surface area (Å²) < 4.78 is 2.24. The molecular weight excluding hydrogens is 422 g/mol. The van der Waals surface area contributed by atoms with Crippen LogP contribution in [0.1, 0.15) is 18.4 Å². The molecule has 8 nitrogen and oxygen atoms in total. The zero-order valence-electron chi connectivity index (χ0n) is 17.5. The second-order valence-electron chi connectivity index (χ2n) is 7.96. The summed E-state index contributed by atoms with van der Waals surface area (Å²) in [5, 5.41) is 2.61. The summed E-state index contributed by atoms with van der Waals surface area (Å²) in [6.07, 6.45) is 12.0. The Labute approximate surface area is 190 Å². The van der Waals surface area contributed by atoms with Gasteiger partial charge in [0.05, 0.1) is 18.4 Å². The maximum Gasteiger partial charge on any atom is 0.208 e. The van der Waals surface area contributed by atoms with E-state index in [4.69, 9.17) is 9.92 Å². The maximum atomic E-state index is 5.25. The van der Waals surface area contributed by atoms with E-state index in [1.807, 2.05) is 18.5 Å². The molecule has 162 valence electrons. The van der Waals surface area contributed by atoms with Gasteiger partial charge in [-0.3, -0.25) is 4.57 Å². The van der Waals surface area contributed by atoms with Gasteiger partial charge < -0.3 is 4.90 Å². The van der Waals surface area contributed by atoms with Crippen molar-refractivity contribution in [3.63, 3.8) is 0 Å². The van der Waals surface area contributed by atoms with Crippen molar-refractivity contribution >= 4 is 28.9 Å². The van der Waals surface area contributed by atoms with Gasteiger partial charge in [0.2, 0.25) is 5.95 Å². The smallest absolute Gasteiger partial charge is 0.208 e. The van der Waals surface area contributed by atoms with Crippen LogP contribution in [0.25, 0.3) is 11.2 Å². The highest BCUT2D eigenvalue weighted by Gasteiger charge is 2.23. The third-order valence-corrected chi connectivity index (χ3v) is 6.85. The fourth-order valence-corrected chi connectivity index (χ4v) is 5.08. The molecule has 3 aromatic rings. The summed E-state index contributed by atoms with van der Waals surface area (Å²) in [6, 6.07) is 10.5. The van der Waals surface area contributed by atoms with Crippen LogP contribution in [-0.4, -0.2) is 43.4 Å². The number of aromatic nitrogens is 4. The second-order valence-corrected chi connectivity index (χ2v) is 8.92. The molecule has 0 aliphatic carbocycles. The molecule has 0 atom stereocenters. The monoisotopic (exact) mass is 445 g/mol. The highest BCUT2D eigenvalue weighted by molar-refractivity contribution is 7.99. The number of hydrogen-bond acceptors (Lipinski definition) is 8. The minimum absolute atomic E-state index is 0.745. The zero-order chi connectivity index (χ0) is 21.3. The van der Waals surface area contributed by atoms with Crippen LogP contribution < -0.4 is 10.4 Å². The van der Waals surface area contributed by atoms with Crippen LogP contribution in [0.15, 0.2) is 77.5 Å². The minimum atomic E-state index is 0.745. The fourth-order valence-electron chi connectivity index (χ4n) is 4.20. The molecule has 5 heterocycles. The molecule has 0 bridgehead atoms. The molecule has 9 heteroatoms. The first-order valence-electron chi connectivity index (χ1n) is 10.8. The summed E-state index contributed by atoms with van der Waals surface area (Å²) in [5.41, 5.74) is 7.95. The number of allylic oxidation sites excluding steroid dienone is 2. The predicted molar refractivity (Wildman–Crippen MR) is 124 cm³/mol. The predicted octanol–water partition coefficient (Wildman–Crippen LogP) is 3.61. The van der Waals surface area contributed by atoms with Crippen molar-refractivity contribution in [2.24, 2.45) is 0 Å². The average Bonchev–Trinajstić information content (AvgIpc) is 3.58. The summed E-state index contributed by atoms with van der Waals surface area (Å²) in [4.78, 5) is 21.9. The quantitative estimate of drug-likeness (QED) is 0.456. The number of anilines is 1. The summed E-state index contributed by atoms with van der Waals surface area (Å²) >= 11 is 1.69. The molecule has 0 spiro atoms. The number of benzene rings is 1. The lowest BCUT2D eigenvalue weighted by Crippen LogP contribution is -2.22. The van der Waals surface area contributed by atoms with Crippen molar-refractivity contribution in [1.29, 1.82) is 0 Å². The summed E-state index contributed by atoms with van der Waals surface area (Å²) in [7, 11) is 0. The molecule has 0 unspecified atom stereocenters. The van der Waals surface area contributed by atoms with E-state index in [-0.39, 0.29) is 0 Å². The molecule has 3 aliphatic heterocycles. The highest BCUT2D eigenvalue weighted by Crippen LogP contribution is 2.32. The van der Waals surface area contributed by atoms with Crippen LogP contribution in [0.2, 0.25) is 0 Å². The molecule has 1 fully saturated rings. The topological polar surface area (TPSA) is 71.3 Å². The van der Waals surface area contributed by atoms with Crippen molar-refractivity contribution in [3.05, 3.63) is 78.0 Å². The van der Waals surface area contributed by atoms with Gasteiger partial charge in [-0.1, -0.05) is 42.1 Å². The number of nitrogens with one attached hydrogen (secondary N) is 1. The number of hydrogen-bond donors (Lipinski definition) is 1. The van der Waals surface area contributed by atoms with Crippen molar-refractivity contribution < 1.29 is 4.94 Å². The van der Waals surface area contributed by atoms with E-state index in [1.165, 1.54) is 24.0 Å². The Hall–Kier alpha value is -3.30. The molecule has 1 saturated heterocycles. The van der Waals surface area contributed by atoms with Crippen LogP contribution in [0, 0.1) is 0 Å². The van der Waals surface area contributed by atoms with Gasteiger partial charge in [-0.25, -0.2) is 25.5 Å². The fraction of sp³-hybridized carbons (Fsp3) is 0.261. The van der Waals surface area contributed by atoms with Crippen molar-refractivity contribution in [2.45, 2.75) is 24.4 Å². The number of thioether (sulfide) groups is 1.